The van der Waals surface area contributed by atoms with Gasteiger partial charge in [-0.3, -0.25) is 0 Å². The number of phenols is 1. The molecule has 2 N–H and O–H groups in total. The highest BCUT2D eigenvalue weighted by atomic mass is 16.6. The molecule has 0 aliphatic carbocycles. The average Bonchev–Trinajstić information content (AvgIpc) is 2.48. The molecule has 1 heterocycles. The van der Waals surface area contributed by atoms with Crippen molar-refractivity contribution in [2.45, 2.75) is 12.5 Å². The number of rotatable bonds is 1. The molecular weight excluding hydrogens is 182 g/mol. The standard InChI is InChI=1S/C10H11NO3/c1-10(6-14-9(13)11-10)7-2-4-8(12)5-3-7/h2-5,12H,6H2,1H3,(H,11,13). The summed E-state index contributed by atoms with van der Waals surface area (Å²) in [6.07, 6.45) is -0.402. The van der Waals surface area contributed by atoms with E-state index in [0.717, 1.165) is 5.56 Å². The SMILES string of the molecule is CC1(c2ccc(O)cc2)COC(=O)N1. The smallest absolute Gasteiger partial charge is 0.408 e. The number of hydrogen-bond acceptors (Lipinski definition) is 3. The minimum Gasteiger partial charge on any atom is -0.508 e. The number of phenolic OH excluding ortho intramolecular Hbond substituents is 1. The molecule has 0 bridgehead atoms. The minimum atomic E-state index is -0.481. The van der Waals surface area contributed by atoms with E-state index >= 15 is 0 Å². The molecule has 1 aliphatic heterocycles. The Labute approximate surface area is 81.5 Å². The summed E-state index contributed by atoms with van der Waals surface area (Å²) in [4.78, 5) is 10.9. The average molecular weight is 193 g/mol. The number of nitrogens with one attached hydrogen (secondary N) is 1. The van der Waals surface area contributed by atoms with Crippen molar-refractivity contribution in [1.82, 2.24) is 5.32 Å². The molecule has 1 amide bonds. The molecule has 0 saturated carbocycles. The van der Waals surface area contributed by atoms with Gasteiger partial charge in [-0.2, -0.15) is 0 Å². The van der Waals surface area contributed by atoms with Gasteiger partial charge >= 0.3 is 6.09 Å². The maximum absolute atomic E-state index is 10.9. The van der Waals surface area contributed by atoms with Crippen molar-refractivity contribution in [2.75, 3.05) is 6.61 Å². The first-order chi connectivity index (χ1) is 6.60. The lowest BCUT2D eigenvalue weighted by atomic mass is 9.94. The van der Waals surface area contributed by atoms with Crippen molar-refractivity contribution >= 4 is 6.09 Å². The van der Waals surface area contributed by atoms with E-state index in [1.165, 1.54) is 0 Å². The lowest BCUT2D eigenvalue weighted by molar-refractivity contribution is 0.173. The van der Waals surface area contributed by atoms with Crippen LogP contribution in [0.15, 0.2) is 24.3 Å². The molecule has 1 atom stereocenters. The quantitative estimate of drug-likeness (QED) is 0.707. The molecule has 1 aliphatic rings. The van der Waals surface area contributed by atoms with Gasteiger partial charge in [-0.15, -0.1) is 0 Å². The van der Waals surface area contributed by atoms with Gasteiger partial charge in [0.25, 0.3) is 0 Å². The number of alkyl carbamates (subject to hydrolysis) is 1. The van der Waals surface area contributed by atoms with Gasteiger partial charge in [-0.25, -0.2) is 4.79 Å². The summed E-state index contributed by atoms with van der Waals surface area (Å²) in [6, 6.07) is 6.71. The van der Waals surface area contributed by atoms with Gasteiger partial charge in [0.1, 0.15) is 12.4 Å². The van der Waals surface area contributed by atoms with E-state index in [2.05, 4.69) is 5.32 Å². The van der Waals surface area contributed by atoms with Gasteiger partial charge in [0.15, 0.2) is 0 Å². The van der Waals surface area contributed by atoms with Gasteiger partial charge < -0.3 is 15.2 Å². The molecule has 0 radical (unpaired) electrons. The molecule has 14 heavy (non-hydrogen) atoms. The number of amides is 1. The van der Waals surface area contributed by atoms with Crippen LogP contribution in [0.2, 0.25) is 0 Å². The predicted octanol–water partition coefficient (Wildman–Crippen LogP) is 1.35. The van der Waals surface area contributed by atoms with Crippen molar-refractivity contribution in [2.24, 2.45) is 0 Å². The van der Waals surface area contributed by atoms with Crippen LogP contribution < -0.4 is 5.32 Å². The maximum Gasteiger partial charge on any atom is 0.408 e. The summed E-state index contributed by atoms with van der Waals surface area (Å²) in [5, 5.41) is 11.8. The van der Waals surface area contributed by atoms with Crippen molar-refractivity contribution < 1.29 is 14.6 Å². The predicted molar refractivity (Wildman–Crippen MR) is 49.9 cm³/mol. The Morgan fingerprint density at radius 2 is 2.07 bits per heavy atom. The van der Waals surface area contributed by atoms with Crippen LogP contribution in [0.1, 0.15) is 12.5 Å². The Kier molecular flexibility index (Phi) is 1.84. The highest BCUT2D eigenvalue weighted by Crippen LogP contribution is 2.26. The van der Waals surface area contributed by atoms with E-state index in [4.69, 9.17) is 9.84 Å². The zero-order valence-electron chi connectivity index (χ0n) is 7.78. The van der Waals surface area contributed by atoms with Crippen molar-refractivity contribution in [3.8, 4) is 5.75 Å². The third-order valence-corrected chi connectivity index (χ3v) is 2.37. The number of benzene rings is 1. The molecule has 0 aromatic heterocycles. The number of carbonyl (C=O) groups is 1. The molecule has 74 valence electrons. The van der Waals surface area contributed by atoms with Crippen LogP contribution in [-0.2, 0) is 10.3 Å². The first-order valence-electron chi connectivity index (χ1n) is 4.35. The zero-order chi connectivity index (χ0) is 10.2. The third kappa shape index (κ3) is 1.39. The molecule has 1 aromatic rings. The molecule has 1 saturated heterocycles. The van der Waals surface area contributed by atoms with Crippen molar-refractivity contribution in [3.63, 3.8) is 0 Å². The van der Waals surface area contributed by atoms with Gasteiger partial charge in [0.2, 0.25) is 0 Å². The van der Waals surface area contributed by atoms with Crippen LogP contribution in [0, 0.1) is 0 Å². The Balaban J connectivity index is 2.30. The molecule has 4 heteroatoms. The lowest BCUT2D eigenvalue weighted by Gasteiger charge is -2.21. The van der Waals surface area contributed by atoms with Crippen molar-refractivity contribution in [1.29, 1.82) is 0 Å². The van der Waals surface area contributed by atoms with E-state index in [1.54, 1.807) is 24.3 Å². The van der Waals surface area contributed by atoms with Gasteiger partial charge in [-0.05, 0) is 24.6 Å². The maximum atomic E-state index is 10.9. The number of cyclic esters (lactones) is 1. The first-order valence-corrected chi connectivity index (χ1v) is 4.35. The van der Waals surface area contributed by atoms with Crippen LogP contribution in [0.25, 0.3) is 0 Å². The highest BCUT2D eigenvalue weighted by molar-refractivity contribution is 5.71. The normalized spacial score (nSPS) is 25.6. The molecule has 2 rings (SSSR count). The van der Waals surface area contributed by atoms with E-state index in [-0.39, 0.29) is 5.75 Å². The summed E-state index contributed by atoms with van der Waals surface area (Å²) >= 11 is 0. The van der Waals surface area contributed by atoms with E-state index in [9.17, 15) is 4.79 Å². The highest BCUT2D eigenvalue weighted by Gasteiger charge is 2.36. The minimum absolute atomic E-state index is 0.211. The summed E-state index contributed by atoms with van der Waals surface area (Å²) in [5.41, 5.74) is 0.436. The van der Waals surface area contributed by atoms with Gasteiger partial charge in [0, 0.05) is 0 Å². The summed E-state index contributed by atoms with van der Waals surface area (Å²) in [7, 11) is 0. The fourth-order valence-electron chi connectivity index (χ4n) is 1.49. The topological polar surface area (TPSA) is 58.6 Å². The van der Waals surface area contributed by atoms with E-state index < -0.39 is 11.6 Å². The van der Waals surface area contributed by atoms with Crippen LogP contribution in [0.4, 0.5) is 4.79 Å². The van der Waals surface area contributed by atoms with Crippen LogP contribution >= 0.6 is 0 Å². The molecular formula is C10H11NO3. The largest absolute Gasteiger partial charge is 0.508 e. The molecule has 0 spiro atoms. The molecule has 1 unspecified atom stereocenters. The number of ether oxygens (including phenoxy) is 1. The second kappa shape index (κ2) is 2.90. The van der Waals surface area contributed by atoms with E-state index in [0.29, 0.717) is 6.61 Å². The molecule has 1 aromatic carbocycles. The Bertz CT molecular complexity index is 360. The fourth-order valence-corrected chi connectivity index (χ4v) is 1.49. The summed E-state index contributed by atoms with van der Waals surface area (Å²) < 4.78 is 4.84. The second-order valence-corrected chi connectivity index (χ2v) is 3.58. The Morgan fingerprint density at radius 1 is 1.43 bits per heavy atom. The Hall–Kier alpha value is -1.71. The second-order valence-electron chi connectivity index (χ2n) is 3.58. The van der Waals surface area contributed by atoms with Gasteiger partial charge in [-0.1, -0.05) is 12.1 Å². The third-order valence-electron chi connectivity index (χ3n) is 2.37. The molecule has 4 nitrogen and oxygen atoms in total. The van der Waals surface area contributed by atoms with Crippen LogP contribution in [0.5, 0.6) is 5.75 Å². The summed E-state index contributed by atoms with van der Waals surface area (Å²) in [6.45, 7) is 2.20. The number of aromatic hydroxyl groups is 1. The van der Waals surface area contributed by atoms with Crippen LogP contribution in [0.3, 0.4) is 0 Å². The fraction of sp³-hybridized carbons (Fsp3) is 0.300. The Morgan fingerprint density at radius 3 is 2.57 bits per heavy atom. The van der Waals surface area contributed by atoms with Gasteiger partial charge in [0.05, 0.1) is 5.54 Å². The number of hydrogen-bond donors (Lipinski definition) is 2. The van der Waals surface area contributed by atoms with Crippen molar-refractivity contribution in [3.05, 3.63) is 29.8 Å². The lowest BCUT2D eigenvalue weighted by Crippen LogP contribution is -2.37. The molecule has 1 fully saturated rings. The van der Waals surface area contributed by atoms with Crippen LogP contribution in [-0.4, -0.2) is 17.8 Å². The number of carbonyl (C=O) groups excluding carboxylic acids is 1. The monoisotopic (exact) mass is 193 g/mol. The van der Waals surface area contributed by atoms with E-state index in [1.807, 2.05) is 6.92 Å². The first kappa shape index (κ1) is 8.87. The summed E-state index contributed by atoms with van der Waals surface area (Å²) in [5.74, 6) is 0.211. The zero-order valence-corrected chi connectivity index (χ0v) is 7.78.